The molecule has 0 aromatic heterocycles. The summed E-state index contributed by atoms with van der Waals surface area (Å²) >= 11 is 0. The molecule has 3 aliphatic rings. The van der Waals surface area contributed by atoms with E-state index >= 15 is 0 Å². The summed E-state index contributed by atoms with van der Waals surface area (Å²) in [7, 11) is 0. The third-order valence-corrected chi connectivity index (χ3v) is 7.36. The first-order chi connectivity index (χ1) is 15.5. The number of piperidine rings is 1. The predicted octanol–water partition coefficient (Wildman–Crippen LogP) is 4.55. The summed E-state index contributed by atoms with van der Waals surface area (Å²) in [5.74, 6) is 0.604. The Morgan fingerprint density at radius 3 is 2.28 bits per heavy atom. The van der Waals surface area contributed by atoms with Crippen LogP contribution >= 0.6 is 0 Å². The van der Waals surface area contributed by atoms with Crippen LogP contribution in [0, 0.1) is 11.2 Å². The van der Waals surface area contributed by atoms with Gasteiger partial charge in [0.2, 0.25) is 11.8 Å². The van der Waals surface area contributed by atoms with E-state index in [1.807, 2.05) is 4.90 Å². The van der Waals surface area contributed by atoms with Gasteiger partial charge in [-0.25, -0.2) is 4.39 Å². The Bertz CT molecular complexity index is 977. The zero-order chi connectivity index (χ0) is 22.1. The zero-order valence-electron chi connectivity index (χ0n) is 18.4. The molecule has 5 nitrogen and oxygen atoms in total. The average molecular weight is 436 g/mol. The third-order valence-electron chi connectivity index (χ3n) is 7.36. The third kappa shape index (κ3) is 4.42. The Morgan fingerprint density at radius 1 is 0.969 bits per heavy atom. The van der Waals surface area contributed by atoms with Crippen LogP contribution in [0.25, 0.3) is 0 Å². The maximum absolute atomic E-state index is 13.3. The lowest BCUT2D eigenvalue weighted by molar-refractivity contribution is -0.128. The largest absolute Gasteiger partial charge is 0.326 e. The van der Waals surface area contributed by atoms with E-state index in [1.54, 1.807) is 12.1 Å². The molecule has 0 radical (unpaired) electrons. The number of likely N-dealkylation sites (tertiary alicyclic amines) is 1. The van der Waals surface area contributed by atoms with Crippen LogP contribution in [-0.4, -0.2) is 42.9 Å². The van der Waals surface area contributed by atoms with Crippen molar-refractivity contribution in [1.82, 2.24) is 4.90 Å². The minimum atomic E-state index is -0.319. The second kappa shape index (κ2) is 8.66. The lowest BCUT2D eigenvalue weighted by Crippen LogP contribution is -2.45. The number of nitrogens with zero attached hydrogens (tertiary/aromatic N) is 2. The molecule has 5 rings (SSSR count). The molecule has 2 aliphatic heterocycles. The molecule has 2 amide bonds. The highest BCUT2D eigenvalue weighted by Crippen LogP contribution is 2.44. The van der Waals surface area contributed by atoms with Gasteiger partial charge in [0.15, 0.2) is 0 Å². The minimum Gasteiger partial charge on any atom is -0.326 e. The van der Waals surface area contributed by atoms with Crippen LogP contribution in [0.2, 0.25) is 0 Å². The van der Waals surface area contributed by atoms with Crippen molar-refractivity contribution in [3.05, 3.63) is 59.9 Å². The fourth-order valence-electron chi connectivity index (χ4n) is 5.09. The summed E-state index contributed by atoms with van der Waals surface area (Å²) in [6.07, 6.45) is 5.57. The summed E-state index contributed by atoms with van der Waals surface area (Å²) in [6, 6.07) is 14.4. The number of hydrogen-bond acceptors (Lipinski definition) is 3. The zero-order valence-corrected chi connectivity index (χ0v) is 18.4. The van der Waals surface area contributed by atoms with Gasteiger partial charge >= 0.3 is 0 Å². The van der Waals surface area contributed by atoms with E-state index in [0.717, 1.165) is 50.5 Å². The first kappa shape index (κ1) is 21.1. The molecule has 2 aromatic carbocycles. The second-order valence-electron chi connectivity index (χ2n) is 9.50. The lowest BCUT2D eigenvalue weighted by atomic mass is 9.77. The van der Waals surface area contributed by atoms with Crippen molar-refractivity contribution in [3.8, 4) is 0 Å². The number of nitrogens with one attached hydrogen (secondary N) is 1. The van der Waals surface area contributed by atoms with Gasteiger partial charge in [-0.2, -0.15) is 0 Å². The number of halogens is 1. The van der Waals surface area contributed by atoms with Crippen molar-refractivity contribution < 1.29 is 14.0 Å². The molecule has 1 saturated carbocycles. The van der Waals surface area contributed by atoms with E-state index < -0.39 is 0 Å². The van der Waals surface area contributed by atoms with Crippen LogP contribution in [0.1, 0.15) is 50.0 Å². The summed E-state index contributed by atoms with van der Waals surface area (Å²) in [6.45, 7) is 3.14. The van der Waals surface area contributed by atoms with Crippen LogP contribution in [0.5, 0.6) is 0 Å². The Balaban J connectivity index is 1.11. The maximum Gasteiger partial charge on any atom is 0.233 e. The Labute approximate surface area is 188 Å². The summed E-state index contributed by atoms with van der Waals surface area (Å²) in [5.41, 5.74) is 2.78. The topological polar surface area (TPSA) is 52.7 Å². The van der Waals surface area contributed by atoms with Gasteiger partial charge in [0.25, 0.3) is 0 Å². The SMILES string of the molecule is O=C(CCN1CCC2(CC1)CCN(c1ccc(C3CC3)cc1)C2=O)Nc1ccc(F)cc1. The van der Waals surface area contributed by atoms with Crippen LogP contribution in [0.15, 0.2) is 48.5 Å². The summed E-state index contributed by atoms with van der Waals surface area (Å²) < 4.78 is 13.0. The number of carbonyl (C=O) groups excluding carboxylic acids is 2. The molecule has 2 saturated heterocycles. The van der Waals surface area contributed by atoms with Gasteiger partial charge in [0, 0.05) is 30.9 Å². The molecule has 6 heteroatoms. The summed E-state index contributed by atoms with van der Waals surface area (Å²) in [5, 5.41) is 2.81. The number of benzene rings is 2. The number of anilines is 2. The standard InChI is InChI=1S/C26H30FN3O2/c27-21-5-7-22(8-6-21)28-24(31)11-15-29-16-12-26(13-17-29)14-18-30(25(26)32)23-9-3-20(4-10-23)19-1-2-19/h3-10,19H,1-2,11-18H2,(H,28,31). The molecule has 168 valence electrons. The number of carbonyl (C=O) groups is 2. The van der Waals surface area contributed by atoms with Gasteiger partial charge in [-0.15, -0.1) is 0 Å². The Hall–Kier alpha value is -2.73. The minimum absolute atomic E-state index is 0.0744. The summed E-state index contributed by atoms with van der Waals surface area (Å²) in [4.78, 5) is 29.8. The molecule has 0 atom stereocenters. The smallest absolute Gasteiger partial charge is 0.233 e. The highest BCUT2D eigenvalue weighted by Gasteiger charge is 2.48. The van der Waals surface area contributed by atoms with E-state index in [9.17, 15) is 14.0 Å². The van der Waals surface area contributed by atoms with Crippen molar-refractivity contribution in [2.24, 2.45) is 5.41 Å². The van der Waals surface area contributed by atoms with Crippen molar-refractivity contribution >= 4 is 23.2 Å². The fourth-order valence-corrected chi connectivity index (χ4v) is 5.09. The first-order valence-corrected chi connectivity index (χ1v) is 11.7. The molecule has 3 fully saturated rings. The van der Waals surface area contributed by atoms with E-state index in [-0.39, 0.29) is 23.0 Å². The van der Waals surface area contributed by atoms with Gasteiger partial charge < -0.3 is 15.1 Å². The van der Waals surface area contributed by atoms with Gasteiger partial charge in [0.1, 0.15) is 5.82 Å². The lowest BCUT2D eigenvalue weighted by Gasteiger charge is -2.37. The van der Waals surface area contributed by atoms with Crippen molar-refractivity contribution in [1.29, 1.82) is 0 Å². The highest BCUT2D eigenvalue weighted by molar-refractivity contribution is 6.00. The normalized spacial score (nSPS) is 20.7. The average Bonchev–Trinajstić information content (AvgIpc) is 3.61. The first-order valence-electron chi connectivity index (χ1n) is 11.7. The van der Waals surface area contributed by atoms with E-state index in [0.29, 0.717) is 18.7 Å². The Morgan fingerprint density at radius 2 is 1.62 bits per heavy atom. The van der Waals surface area contributed by atoms with E-state index in [1.165, 1.54) is 30.5 Å². The predicted molar refractivity (Wildman–Crippen MR) is 123 cm³/mol. The van der Waals surface area contributed by atoms with Crippen LogP contribution in [0.4, 0.5) is 15.8 Å². The quantitative estimate of drug-likeness (QED) is 0.724. The van der Waals surface area contributed by atoms with Crippen LogP contribution in [0.3, 0.4) is 0 Å². The fraction of sp³-hybridized carbons (Fsp3) is 0.462. The number of hydrogen-bond donors (Lipinski definition) is 1. The number of rotatable bonds is 6. The molecule has 0 bridgehead atoms. The van der Waals surface area contributed by atoms with E-state index in [2.05, 4.69) is 34.5 Å². The molecular formula is C26H30FN3O2. The van der Waals surface area contributed by atoms with Crippen LogP contribution < -0.4 is 10.2 Å². The molecule has 1 N–H and O–H groups in total. The van der Waals surface area contributed by atoms with Gasteiger partial charge in [0.05, 0.1) is 5.41 Å². The van der Waals surface area contributed by atoms with Crippen molar-refractivity contribution in [2.45, 2.75) is 44.4 Å². The van der Waals surface area contributed by atoms with Crippen molar-refractivity contribution in [2.75, 3.05) is 36.4 Å². The molecule has 1 aliphatic carbocycles. The molecule has 1 spiro atoms. The number of amides is 2. The second-order valence-corrected chi connectivity index (χ2v) is 9.50. The molecular weight excluding hydrogens is 405 g/mol. The molecule has 0 unspecified atom stereocenters. The van der Waals surface area contributed by atoms with Crippen LogP contribution in [-0.2, 0) is 9.59 Å². The molecule has 2 heterocycles. The van der Waals surface area contributed by atoms with E-state index in [4.69, 9.17) is 0 Å². The Kier molecular flexibility index (Phi) is 5.72. The van der Waals surface area contributed by atoms with Gasteiger partial charge in [-0.3, -0.25) is 9.59 Å². The molecule has 32 heavy (non-hydrogen) atoms. The maximum atomic E-state index is 13.3. The van der Waals surface area contributed by atoms with Gasteiger partial charge in [-0.05, 0) is 93.1 Å². The van der Waals surface area contributed by atoms with Gasteiger partial charge in [-0.1, -0.05) is 12.1 Å². The van der Waals surface area contributed by atoms with Crippen molar-refractivity contribution in [3.63, 3.8) is 0 Å². The molecule has 2 aromatic rings. The monoisotopic (exact) mass is 435 g/mol. The highest BCUT2D eigenvalue weighted by atomic mass is 19.1.